The van der Waals surface area contributed by atoms with Gasteiger partial charge in [0.15, 0.2) is 17.3 Å². The molecule has 1 N–H and O–H groups in total. The quantitative estimate of drug-likeness (QED) is 0.772. The van der Waals surface area contributed by atoms with Crippen molar-refractivity contribution in [3.05, 3.63) is 53.6 Å². The minimum Gasteiger partial charge on any atom is -0.504 e. The fourth-order valence-corrected chi connectivity index (χ4v) is 2.69. The van der Waals surface area contributed by atoms with Crippen LogP contribution in [0.1, 0.15) is 40.0 Å². The summed E-state index contributed by atoms with van der Waals surface area (Å²) in [7, 11) is 1.55. The molecule has 4 nitrogen and oxygen atoms in total. The van der Waals surface area contributed by atoms with Gasteiger partial charge in [0.2, 0.25) is 5.75 Å². The van der Waals surface area contributed by atoms with Crippen LogP contribution in [0.5, 0.6) is 17.2 Å². The molecule has 2 rings (SSSR count). The Hall–Kier alpha value is -2.49. The van der Waals surface area contributed by atoms with Gasteiger partial charge in [-0.3, -0.25) is 4.79 Å². The van der Waals surface area contributed by atoms with Crippen molar-refractivity contribution in [1.29, 1.82) is 0 Å². The number of aromatic hydroxyl groups is 1. The van der Waals surface area contributed by atoms with Crippen LogP contribution in [0.4, 0.5) is 0 Å². The molecule has 4 heteroatoms. The fraction of sp³-hybridized carbons (Fsp3) is 0.409. The SMILES string of the molecule is COc1cccc(O)c1OC/C1=C\CC(C)(C)/C=C/C(=O)/C(C)=C/CC1. The van der Waals surface area contributed by atoms with Crippen molar-refractivity contribution in [3.8, 4) is 17.2 Å². The van der Waals surface area contributed by atoms with Crippen LogP contribution in [0.2, 0.25) is 0 Å². The van der Waals surface area contributed by atoms with E-state index in [0.717, 1.165) is 30.4 Å². The van der Waals surface area contributed by atoms with Crippen molar-refractivity contribution in [3.63, 3.8) is 0 Å². The zero-order chi connectivity index (χ0) is 19.2. The van der Waals surface area contributed by atoms with Crippen molar-refractivity contribution >= 4 is 5.78 Å². The van der Waals surface area contributed by atoms with Gasteiger partial charge in [0.05, 0.1) is 7.11 Å². The van der Waals surface area contributed by atoms with Gasteiger partial charge in [-0.2, -0.15) is 0 Å². The molecule has 1 aromatic rings. The van der Waals surface area contributed by atoms with Crippen molar-refractivity contribution in [2.45, 2.75) is 40.0 Å². The van der Waals surface area contributed by atoms with Crippen LogP contribution in [0, 0.1) is 5.41 Å². The van der Waals surface area contributed by atoms with E-state index < -0.39 is 0 Å². The minimum atomic E-state index is -0.113. The van der Waals surface area contributed by atoms with Crippen molar-refractivity contribution < 1.29 is 19.4 Å². The monoisotopic (exact) mass is 356 g/mol. The molecule has 0 radical (unpaired) electrons. The van der Waals surface area contributed by atoms with Gasteiger partial charge >= 0.3 is 0 Å². The highest BCUT2D eigenvalue weighted by molar-refractivity contribution is 6.03. The molecule has 0 atom stereocenters. The van der Waals surface area contributed by atoms with Gasteiger partial charge in [-0.15, -0.1) is 0 Å². The summed E-state index contributed by atoms with van der Waals surface area (Å²) in [5, 5.41) is 10.0. The Balaban J connectivity index is 2.18. The summed E-state index contributed by atoms with van der Waals surface area (Å²) in [6, 6.07) is 5.05. The number of carbonyl (C=O) groups excluding carboxylic acids is 1. The lowest BCUT2D eigenvalue weighted by atomic mass is 9.87. The highest BCUT2D eigenvalue weighted by Gasteiger charge is 2.16. The predicted octanol–water partition coefficient (Wildman–Crippen LogP) is 4.99. The number of rotatable bonds is 4. The Kier molecular flexibility index (Phi) is 6.67. The van der Waals surface area contributed by atoms with Crippen molar-refractivity contribution in [1.82, 2.24) is 0 Å². The first-order chi connectivity index (χ1) is 12.3. The Morgan fingerprint density at radius 3 is 2.73 bits per heavy atom. The van der Waals surface area contributed by atoms with Crippen LogP contribution in [0.3, 0.4) is 0 Å². The Labute approximate surface area is 155 Å². The third kappa shape index (κ3) is 5.51. The molecule has 0 saturated heterocycles. The number of allylic oxidation sites excluding steroid dienone is 5. The molecule has 1 aromatic carbocycles. The standard InChI is InChI=1S/C22H28O4/c1-16-7-5-8-17(11-13-22(2,3)14-12-18(16)23)15-26-21-19(24)9-6-10-20(21)25-4/h6-7,9-12,14,24H,5,8,13,15H2,1-4H3/b14-12+,16-7+,17-11-. The third-order valence-electron chi connectivity index (χ3n) is 4.49. The summed E-state index contributed by atoms with van der Waals surface area (Å²) in [6.07, 6.45) is 10.2. The molecule has 0 heterocycles. The van der Waals surface area contributed by atoms with E-state index in [2.05, 4.69) is 19.9 Å². The molecule has 0 fully saturated rings. The number of phenols is 1. The topological polar surface area (TPSA) is 55.8 Å². The van der Waals surface area contributed by atoms with E-state index >= 15 is 0 Å². The lowest BCUT2D eigenvalue weighted by Crippen LogP contribution is -2.09. The van der Waals surface area contributed by atoms with Crippen LogP contribution in [-0.4, -0.2) is 24.6 Å². The number of methoxy groups -OCH3 is 1. The number of phenolic OH excluding ortho intramolecular Hbond substituents is 1. The largest absolute Gasteiger partial charge is 0.504 e. The Morgan fingerprint density at radius 1 is 1.23 bits per heavy atom. The van der Waals surface area contributed by atoms with Gasteiger partial charge in [-0.1, -0.05) is 38.1 Å². The first-order valence-electron chi connectivity index (χ1n) is 8.89. The molecule has 0 unspecified atom stereocenters. The predicted molar refractivity (Wildman–Crippen MR) is 104 cm³/mol. The van der Waals surface area contributed by atoms with E-state index in [1.54, 1.807) is 31.4 Å². The molecule has 26 heavy (non-hydrogen) atoms. The molecule has 140 valence electrons. The second-order valence-corrected chi connectivity index (χ2v) is 7.28. The zero-order valence-corrected chi connectivity index (χ0v) is 16.0. The van der Waals surface area contributed by atoms with Gasteiger partial charge < -0.3 is 14.6 Å². The van der Waals surface area contributed by atoms with E-state index in [-0.39, 0.29) is 16.9 Å². The van der Waals surface area contributed by atoms with E-state index in [1.165, 1.54) is 0 Å². The van der Waals surface area contributed by atoms with Gasteiger partial charge in [-0.05, 0) is 61.0 Å². The van der Waals surface area contributed by atoms with E-state index in [0.29, 0.717) is 18.1 Å². The number of hydrogen-bond donors (Lipinski definition) is 1. The molecule has 0 aromatic heterocycles. The average Bonchev–Trinajstić information content (AvgIpc) is 2.63. The maximum absolute atomic E-state index is 12.1. The molecule has 0 spiro atoms. The van der Waals surface area contributed by atoms with Gasteiger partial charge in [-0.25, -0.2) is 0 Å². The molecule has 0 saturated carbocycles. The molecule has 0 amide bonds. The number of ether oxygens (including phenoxy) is 2. The van der Waals surface area contributed by atoms with Crippen LogP contribution >= 0.6 is 0 Å². The summed E-state index contributed by atoms with van der Waals surface area (Å²) in [4.78, 5) is 12.1. The average molecular weight is 356 g/mol. The van der Waals surface area contributed by atoms with Gasteiger partial charge in [0.25, 0.3) is 0 Å². The van der Waals surface area contributed by atoms with Crippen molar-refractivity contribution in [2.75, 3.05) is 13.7 Å². The molecule has 0 bridgehead atoms. The summed E-state index contributed by atoms with van der Waals surface area (Å²) >= 11 is 0. The summed E-state index contributed by atoms with van der Waals surface area (Å²) < 4.78 is 11.1. The van der Waals surface area contributed by atoms with Crippen LogP contribution in [0.25, 0.3) is 0 Å². The minimum absolute atomic E-state index is 0.0613. The number of ketones is 1. The third-order valence-corrected chi connectivity index (χ3v) is 4.49. The van der Waals surface area contributed by atoms with Gasteiger partial charge in [0.1, 0.15) is 6.61 Å². The van der Waals surface area contributed by atoms with E-state index in [4.69, 9.17) is 9.47 Å². The number of hydrogen-bond acceptors (Lipinski definition) is 4. The molecule has 1 aliphatic carbocycles. The van der Waals surface area contributed by atoms with Crippen LogP contribution < -0.4 is 9.47 Å². The summed E-state index contributed by atoms with van der Waals surface area (Å²) in [5.74, 6) is 0.987. The first kappa shape index (κ1) is 19.8. The smallest absolute Gasteiger partial charge is 0.203 e. The van der Waals surface area contributed by atoms with E-state index in [9.17, 15) is 9.90 Å². The van der Waals surface area contributed by atoms with Crippen LogP contribution in [0.15, 0.2) is 53.6 Å². The number of carbonyl (C=O) groups is 1. The molecular weight excluding hydrogens is 328 g/mol. The van der Waals surface area contributed by atoms with Crippen molar-refractivity contribution in [2.24, 2.45) is 5.41 Å². The second-order valence-electron chi connectivity index (χ2n) is 7.28. The lowest BCUT2D eigenvalue weighted by molar-refractivity contribution is -0.111. The van der Waals surface area contributed by atoms with E-state index in [1.807, 2.05) is 19.1 Å². The molecular formula is C22H28O4. The maximum Gasteiger partial charge on any atom is 0.203 e. The fourth-order valence-electron chi connectivity index (χ4n) is 2.69. The number of para-hydroxylation sites is 1. The van der Waals surface area contributed by atoms with Gasteiger partial charge in [0, 0.05) is 0 Å². The summed E-state index contributed by atoms with van der Waals surface area (Å²) in [5.41, 5.74) is 1.79. The first-order valence-corrected chi connectivity index (χ1v) is 8.89. The Bertz CT molecular complexity index is 739. The molecule has 1 aliphatic rings. The highest BCUT2D eigenvalue weighted by Crippen LogP contribution is 2.36. The highest BCUT2D eigenvalue weighted by atomic mass is 16.5. The lowest BCUT2D eigenvalue weighted by Gasteiger charge is -2.19. The Morgan fingerprint density at radius 2 is 2.00 bits per heavy atom. The number of benzene rings is 1. The normalized spacial score (nSPS) is 23.0. The zero-order valence-electron chi connectivity index (χ0n) is 16.0. The molecule has 0 aliphatic heterocycles. The summed E-state index contributed by atoms with van der Waals surface area (Å²) in [6.45, 7) is 6.43. The second kappa shape index (κ2) is 8.75. The maximum atomic E-state index is 12.1. The van der Waals surface area contributed by atoms with Crippen LogP contribution in [-0.2, 0) is 4.79 Å².